The average Bonchev–Trinajstić information content (AvgIpc) is 3.32. The molecule has 0 aliphatic carbocycles. The number of rotatable bonds is 7. The molecule has 2 aliphatic heterocycles. The van der Waals surface area contributed by atoms with E-state index >= 15 is 0 Å². The molecule has 10 heteroatoms. The van der Waals surface area contributed by atoms with Gasteiger partial charge in [-0.3, -0.25) is 14.7 Å². The number of aromatic nitrogens is 3. The number of nitrogens with one attached hydrogen (secondary N) is 1. The Balaban J connectivity index is 1.20. The van der Waals surface area contributed by atoms with Crippen LogP contribution in [-0.2, 0) is 18.8 Å². The number of alkyl halides is 2. The van der Waals surface area contributed by atoms with E-state index in [2.05, 4.69) is 38.6 Å². The monoisotopic (exact) mass is 536 g/mol. The number of carbonyl (C=O) groups excluding carboxylic acids is 1. The number of fused-ring (bicyclic) bond motifs is 1. The van der Waals surface area contributed by atoms with E-state index in [1.807, 2.05) is 18.3 Å². The number of pyridine rings is 1. The maximum Gasteiger partial charge on any atom is 0.283 e. The van der Waals surface area contributed by atoms with Crippen LogP contribution < -0.4 is 5.32 Å². The van der Waals surface area contributed by atoms with Crippen LogP contribution in [0, 0.1) is 0 Å². The van der Waals surface area contributed by atoms with Crippen molar-refractivity contribution in [3.8, 4) is 0 Å². The minimum atomic E-state index is -2.95. The van der Waals surface area contributed by atoms with Crippen molar-refractivity contribution in [1.82, 2.24) is 24.8 Å². The number of halogens is 2. The Bertz CT molecular complexity index is 1360. The van der Waals surface area contributed by atoms with Crippen LogP contribution in [0.25, 0.3) is 5.70 Å². The number of hydrogen-bond donors (Lipinski definition) is 1. The fourth-order valence-electron chi connectivity index (χ4n) is 5.25. The van der Waals surface area contributed by atoms with Gasteiger partial charge in [-0.1, -0.05) is 28.0 Å². The molecule has 0 saturated carbocycles. The molecule has 2 aromatic heterocycles. The molecule has 0 radical (unpaired) electrons. The van der Waals surface area contributed by atoms with E-state index in [1.54, 1.807) is 27.6 Å². The van der Waals surface area contributed by atoms with Crippen LogP contribution in [-0.4, -0.2) is 49.2 Å². The van der Waals surface area contributed by atoms with Crippen LogP contribution in [0.1, 0.15) is 59.6 Å². The Morgan fingerprint density at radius 3 is 2.63 bits per heavy atom. The van der Waals surface area contributed by atoms with Crippen molar-refractivity contribution in [3.05, 3.63) is 83.4 Å². The quantitative estimate of drug-likeness (QED) is 0.312. The van der Waals surface area contributed by atoms with Gasteiger partial charge in [0.1, 0.15) is 5.69 Å². The summed E-state index contributed by atoms with van der Waals surface area (Å²) in [5.41, 5.74) is 2.04. The number of piperidine rings is 1. The zero-order valence-electron chi connectivity index (χ0n) is 21.5. The molecule has 1 aromatic carbocycles. The smallest absolute Gasteiger partial charge is 0.283 e. The Morgan fingerprint density at radius 2 is 1.95 bits per heavy atom. The number of hydrogen-bond acceptors (Lipinski definition) is 7. The summed E-state index contributed by atoms with van der Waals surface area (Å²) < 4.78 is 26.9. The third-order valence-electron chi connectivity index (χ3n) is 7.37. The summed E-state index contributed by atoms with van der Waals surface area (Å²) in [6.07, 6.45) is 5.50. The maximum absolute atomic E-state index is 13.4. The van der Waals surface area contributed by atoms with Crippen molar-refractivity contribution in [3.63, 3.8) is 0 Å². The first-order valence-electron chi connectivity index (χ1n) is 12.6. The number of carbonyl (C=O) groups is 1. The van der Waals surface area contributed by atoms with E-state index in [9.17, 15) is 13.6 Å². The molecule has 3 atom stereocenters. The van der Waals surface area contributed by atoms with Gasteiger partial charge >= 0.3 is 0 Å². The lowest BCUT2D eigenvalue weighted by Crippen LogP contribution is -2.46. The molecule has 2 aliphatic rings. The first-order valence-corrected chi connectivity index (χ1v) is 13.2. The summed E-state index contributed by atoms with van der Waals surface area (Å²) in [5.74, 6) is 0.400. The lowest BCUT2D eigenvalue weighted by molar-refractivity contribution is 0.101. The topological polar surface area (TPSA) is 74.2 Å². The van der Waals surface area contributed by atoms with E-state index in [-0.39, 0.29) is 11.3 Å². The molecule has 1 N–H and O–H groups in total. The highest BCUT2D eigenvalue weighted by Crippen LogP contribution is 2.36. The Kier molecular flexibility index (Phi) is 7.25. The van der Waals surface area contributed by atoms with Crippen LogP contribution >= 0.6 is 9.24 Å². The zero-order valence-corrected chi connectivity index (χ0v) is 22.6. The maximum atomic E-state index is 13.4. The normalized spacial score (nSPS) is 19.8. The Hall–Kier alpha value is -3.29. The summed E-state index contributed by atoms with van der Waals surface area (Å²) in [5, 5.41) is 3.12. The minimum Gasteiger partial charge on any atom is -0.369 e. The van der Waals surface area contributed by atoms with Crippen molar-refractivity contribution < 1.29 is 13.6 Å². The van der Waals surface area contributed by atoms with Crippen molar-refractivity contribution in [2.75, 3.05) is 11.9 Å². The van der Waals surface area contributed by atoms with Gasteiger partial charge < -0.3 is 10.2 Å². The number of nitrogens with zero attached hydrogens (tertiary/aromatic N) is 5. The molecule has 3 aromatic rings. The SMILES string of the molecule is C=C(c1ccnc(C(C)=O)c1)N1CC[C@@H](N2Cc3cnc(Nc4ccc(C(F)(F)P)cc4)nc3C2)C[C@H]1C. The fourth-order valence-corrected chi connectivity index (χ4v) is 5.44. The highest BCUT2D eigenvalue weighted by molar-refractivity contribution is 7.17. The molecular weight excluding hydrogens is 505 g/mol. The molecule has 7 nitrogen and oxygen atoms in total. The highest BCUT2D eigenvalue weighted by Gasteiger charge is 2.34. The van der Waals surface area contributed by atoms with Gasteiger partial charge in [0, 0.05) is 79.1 Å². The van der Waals surface area contributed by atoms with Gasteiger partial charge in [0.05, 0.1) is 5.69 Å². The molecule has 0 spiro atoms. The van der Waals surface area contributed by atoms with Gasteiger partial charge in [0.25, 0.3) is 5.66 Å². The third-order valence-corrected chi connectivity index (χ3v) is 7.71. The van der Waals surface area contributed by atoms with Crippen LogP contribution in [0.4, 0.5) is 20.4 Å². The summed E-state index contributed by atoms with van der Waals surface area (Å²) in [6, 6.07) is 10.4. The molecule has 1 unspecified atom stereocenters. The van der Waals surface area contributed by atoms with Gasteiger partial charge in [-0.25, -0.2) is 9.97 Å². The number of anilines is 2. The number of benzene rings is 1. The summed E-state index contributed by atoms with van der Waals surface area (Å²) in [6.45, 7) is 10.5. The summed E-state index contributed by atoms with van der Waals surface area (Å²) in [7, 11) is 1.55. The lowest BCUT2D eigenvalue weighted by Gasteiger charge is -2.43. The first kappa shape index (κ1) is 26.3. The molecule has 0 amide bonds. The van der Waals surface area contributed by atoms with Crippen molar-refractivity contribution in [1.29, 1.82) is 0 Å². The minimum absolute atomic E-state index is 0.0558. The Morgan fingerprint density at radius 1 is 1.18 bits per heavy atom. The van der Waals surface area contributed by atoms with Crippen LogP contribution in [0.5, 0.6) is 0 Å². The van der Waals surface area contributed by atoms with Crippen LogP contribution in [0.3, 0.4) is 0 Å². The van der Waals surface area contributed by atoms with Crippen molar-refractivity contribution >= 4 is 32.4 Å². The molecular formula is C28H31F2N6OP. The molecule has 4 heterocycles. The molecule has 198 valence electrons. The van der Waals surface area contributed by atoms with Gasteiger partial charge in [-0.15, -0.1) is 0 Å². The second-order valence-corrected chi connectivity index (χ2v) is 10.8. The van der Waals surface area contributed by atoms with Crippen LogP contribution in [0.2, 0.25) is 0 Å². The van der Waals surface area contributed by atoms with E-state index in [0.717, 1.165) is 55.0 Å². The number of likely N-dealkylation sites (tertiary alicyclic amines) is 1. The predicted octanol–water partition coefficient (Wildman–Crippen LogP) is 5.58. The van der Waals surface area contributed by atoms with Gasteiger partial charge in [0.15, 0.2) is 5.78 Å². The molecule has 38 heavy (non-hydrogen) atoms. The molecule has 5 rings (SSSR count). The second-order valence-electron chi connectivity index (χ2n) is 10.0. The van der Waals surface area contributed by atoms with Crippen molar-refractivity contribution in [2.24, 2.45) is 0 Å². The van der Waals surface area contributed by atoms with E-state index in [0.29, 0.717) is 29.4 Å². The first-order chi connectivity index (χ1) is 18.1. The fraction of sp³-hybridized carbons (Fsp3) is 0.357. The van der Waals surface area contributed by atoms with Gasteiger partial charge in [0.2, 0.25) is 5.95 Å². The summed E-state index contributed by atoms with van der Waals surface area (Å²) in [4.78, 5) is 29.8. The van der Waals surface area contributed by atoms with Crippen molar-refractivity contribution in [2.45, 2.75) is 57.5 Å². The van der Waals surface area contributed by atoms with E-state index in [4.69, 9.17) is 4.98 Å². The number of ketones is 1. The molecule has 0 bridgehead atoms. The van der Waals surface area contributed by atoms with E-state index < -0.39 is 5.66 Å². The van der Waals surface area contributed by atoms with Gasteiger partial charge in [-0.05, 0) is 44.0 Å². The lowest BCUT2D eigenvalue weighted by atomic mass is 9.95. The summed E-state index contributed by atoms with van der Waals surface area (Å²) >= 11 is 0. The largest absolute Gasteiger partial charge is 0.369 e. The average molecular weight is 537 g/mol. The highest BCUT2D eigenvalue weighted by atomic mass is 31.0. The zero-order chi connectivity index (χ0) is 27.0. The number of Topliss-reactive ketones (excluding diaryl/α,β-unsaturated/α-hetero) is 1. The van der Waals surface area contributed by atoms with Gasteiger partial charge in [-0.2, -0.15) is 8.78 Å². The van der Waals surface area contributed by atoms with Crippen LogP contribution in [0.15, 0.2) is 55.4 Å². The standard InChI is InChI=1S/C28H31F2N6OP/c1-17-12-24(9-11-36(17)18(2)20-8-10-31-25(13-20)19(3)37)35-15-21-14-32-27(34-26(21)16-35)33-23-6-4-22(5-7-23)28(29,30)38/h4-8,10,13-14,17,24H,2,9,11-12,15-16,38H2,1,3H3,(H,32,33,34)/t17-,24-/m1/s1. The second kappa shape index (κ2) is 10.5. The molecule has 1 saturated heterocycles. The van der Waals surface area contributed by atoms with E-state index in [1.165, 1.54) is 19.1 Å². The predicted molar refractivity (Wildman–Crippen MR) is 147 cm³/mol. The third kappa shape index (κ3) is 5.59. The Labute approximate surface area is 223 Å². The molecule has 1 fully saturated rings.